The van der Waals surface area contributed by atoms with Gasteiger partial charge < -0.3 is 10.4 Å². The van der Waals surface area contributed by atoms with E-state index in [1.165, 1.54) is 24.3 Å². The van der Waals surface area contributed by atoms with Gasteiger partial charge >= 0.3 is 0 Å². The second kappa shape index (κ2) is 6.53. The van der Waals surface area contributed by atoms with Crippen LogP contribution in [-0.2, 0) is 10.0 Å². The molecule has 1 unspecified atom stereocenters. The molecule has 0 bridgehead atoms. The van der Waals surface area contributed by atoms with E-state index in [-0.39, 0.29) is 18.6 Å². The van der Waals surface area contributed by atoms with Gasteiger partial charge in [0.2, 0.25) is 10.0 Å². The zero-order valence-corrected chi connectivity index (χ0v) is 11.7. The van der Waals surface area contributed by atoms with E-state index >= 15 is 0 Å². The molecule has 0 saturated heterocycles. The number of hydrogen-bond donors (Lipinski definition) is 3. The number of anilines is 1. The van der Waals surface area contributed by atoms with Crippen molar-refractivity contribution in [3.8, 4) is 0 Å². The molecule has 0 aliphatic heterocycles. The molecule has 7 heteroatoms. The molecule has 0 radical (unpaired) electrons. The molecule has 0 aromatic heterocycles. The van der Waals surface area contributed by atoms with E-state index in [1.54, 1.807) is 6.92 Å². The largest absolute Gasteiger partial charge is 0.396 e. The summed E-state index contributed by atoms with van der Waals surface area (Å²) in [6.07, 6.45) is 1.55. The predicted octanol–water partition coefficient (Wildman–Crippen LogP) is 0.559. The first-order chi connectivity index (χ1) is 8.81. The highest BCUT2D eigenvalue weighted by Crippen LogP contribution is 2.11. The van der Waals surface area contributed by atoms with Gasteiger partial charge in [0, 0.05) is 23.9 Å². The number of sulfonamides is 1. The van der Waals surface area contributed by atoms with Crippen molar-refractivity contribution in [3.05, 3.63) is 29.8 Å². The van der Waals surface area contributed by atoms with E-state index < -0.39 is 10.0 Å². The van der Waals surface area contributed by atoms with Gasteiger partial charge in [-0.25, -0.2) is 8.42 Å². The first-order valence-electron chi connectivity index (χ1n) is 5.81. The summed E-state index contributed by atoms with van der Waals surface area (Å²) in [5, 5.41) is 11.5. The molecule has 6 nitrogen and oxygen atoms in total. The number of hydrogen-bond acceptors (Lipinski definition) is 4. The van der Waals surface area contributed by atoms with Crippen LogP contribution in [0.1, 0.15) is 23.7 Å². The number of amides is 1. The van der Waals surface area contributed by atoms with Crippen LogP contribution >= 0.6 is 0 Å². The topological polar surface area (TPSA) is 95.5 Å². The van der Waals surface area contributed by atoms with Crippen LogP contribution in [0.5, 0.6) is 0 Å². The average Bonchev–Trinajstić information content (AvgIpc) is 2.27. The normalized spacial score (nSPS) is 12.8. The third-order valence-corrected chi connectivity index (χ3v) is 3.00. The highest BCUT2D eigenvalue weighted by Gasteiger charge is 2.09. The summed E-state index contributed by atoms with van der Waals surface area (Å²) >= 11 is 0. The molecule has 0 spiro atoms. The number of rotatable bonds is 6. The van der Waals surface area contributed by atoms with E-state index in [1.807, 2.05) is 0 Å². The first-order valence-corrected chi connectivity index (χ1v) is 7.70. The zero-order chi connectivity index (χ0) is 14.5. The van der Waals surface area contributed by atoms with Gasteiger partial charge in [-0.3, -0.25) is 9.52 Å². The molecular weight excluding hydrogens is 268 g/mol. The summed E-state index contributed by atoms with van der Waals surface area (Å²) < 4.78 is 24.4. The van der Waals surface area contributed by atoms with Crippen molar-refractivity contribution >= 4 is 21.6 Å². The number of carbonyl (C=O) groups is 1. The minimum atomic E-state index is -3.31. The third kappa shape index (κ3) is 5.71. The van der Waals surface area contributed by atoms with Crippen molar-refractivity contribution in [3.63, 3.8) is 0 Å². The fraction of sp³-hybridized carbons (Fsp3) is 0.417. The zero-order valence-electron chi connectivity index (χ0n) is 10.9. The lowest BCUT2D eigenvalue weighted by Crippen LogP contribution is -2.33. The monoisotopic (exact) mass is 286 g/mol. The molecule has 1 amide bonds. The van der Waals surface area contributed by atoms with Gasteiger partial charge in [0.25, 0.3) is 5.91 Å². The van der Waals surface area contributed by atoms with Gasteiger partial charge in [0.05, 0.1) is 6.26 Å². The summed E-state index contributed by atoms with van der Waals surface area (Å²) in [5.41, 5.74) is 0.839. The van der Waals surface area contributed by atoms with Crippen molar-refractivity contribution in [1.29, 1.82) is 0 Å². The second-order valence-corrected chi connectivity index (χ2v) is 6.09. The highest BCUT2D eigenvalue weighted by molar-refractivity contribution is 7.92. The van der Waals surface area contributed by atoms with Crippen molar-refractivity contribution in [2.45, 2.75) is 19.4 Å². The number of carbonyl (C=O) groups excluding carboxylic acids is 1. The Kier molecular flexibility index (Phi) is 5.31. The average molecular weight is 286 g/mol. The quantitative estimate of drug-likeness (QED) is 0.712. The van der Waals surface area contributed by atoms with E-state index in [9.17, 15) is 13.2 Å². The molecule has 1 rings (SSSR count). The van der Waals surface area contributed by atoms with Crippen molar-refractivity contribution in [1.82, 2.24) is 5.32 Å². The molecule has 1 aromatic rings. The number of aliphatic hydroxyl groups is 1. The lowest BCUT2D eigenvalue weighted by molar-refractivity contribution is 0.0934. The highest BCUT2D eigenvalue weighted by atomic mass is 32.2. The summed E-state index contributed by atoms with van der Waals surface area (Å²) in [6, 6.07) is 5.99. The van der Waals surface area contributed by atoms with Crippen LogP contribution in [0.3, 0.4) is 0 Å². The van der Waals surface area contributed by atoms with E-state index in [2.05, 4.69) is 10.0 Å². The van der Waals surface area contributed by atoms with Gasteiger partial charge in [0.1, 0.15) is 0 Å². The molecule has 0 fully saturated rings. The van der Waals surface area contributed by atoms with Gasteiger partial charge in [-0.15, -0.1) is 0 Å². The fourth-order valence-electron chi connectivity index (χ4n) is 1.48. The van der Waals surface area contributed by atoms with E-state index in [4.69, 9.17) is 5.11 Å². The van der Waals surface area contributed by atoms with Crippen molar-refractivity contribution < 1.29 is 18.3 Å². The Balaban J connectivity index is 2.68. The van der Waals surface area contributed by atoms with Crippen LogP contribution in [0.2, 0.25) is 0 Å². The Hall–Kier alpha value is -1.60. The fourth-order valence-corrected chi connectivity index (χ4v) is 2.04. The molecule has 1 aromatic carbocycles. The SMILES string of the molecule is CC(CCO)NC(=O)c1ccc(NS(C)(=O)=O)cc1. The summed E-state index contributed by atoms with van der Waals surface area (Å²) in [7, 11) is -3.31. The van der Waals surface area contributed by atoms with Crippen molar-refractivity contribution in [2.75, 3.05) is 17.6 Å². The first kappa shape index (κ1) is 15.5. The molecule has 106 valence electrons. The van der Waals surface area contributed by atoms with Crippen LogP contribution < -0.4 is 10.0 Å². The Morgan fingerprint density at radius 2 is 1.89 bits per heavy atom. The molecule has 0 aliphatic carbocycles. The minimum Gasteiger partial charge on any atom is -0.396 e. The van der Waals surface area contributed by atoms with Crippen LogP contribution in [0.15, 0.2) is 24.3 Å². The molecule has 0 heterocycles. The summed E-state index contributed by atoms with van der Waals surface area (Å²) in [6.45, 7) is 1.81. The maximum atomic E-state index is 11.8. The molecule has 19 heavy (non-hydrogen) atoms. The predicted molar refractivity (Wildman–Crippen MR) is 73.5 cm³/mol. The van der Waals surface area contributed by atoms with Gasteiger partial charge in [0.15, 0.2) is 0 Å². The van der Waals surface area contributed by atoms with Gasteiger partial charge in [-0.05, 0) is 37.6 Å². The number of benzene rings is 1. The minimum absolute atomic E-state index is 0.0126. The molecule has 0 saturated carbocycles. The van der Waals surface area contributed by atoms with Crippen LogP contribution in [0.4, 0.5) is 5.69 Å². The van der Waals surface area contributed by atoms with E-state index in [0.717, 1.165) is 6.26 Å². The Morgan fingerprint density at radius 1 is 1.32 bits per heavy atom. The lowest BCUT2D eigenvalue weighted by atomic mass is 10.1. The van der Waals surface area contributed by atoms with Crippen LogP contribution in [0, 0.1) is 0 Å². The van der Waals surface area contributed by atoms with Crippen LogP contribution in [-0.4, -0.2) is 38.3 Å². The molecule has 1 atom stereocenters. The Bertz CT molecular complexity index is 525. The number of nitrogens with one attached hydrogen (secondary N) is 2. The molecule has 3 N–H and O–H groups in total. The second-order valence-electron chi connectivity index (χ2n) is 4.34. The van der Waals surface area contributed by atoms with E-state index in [0.29, 0.717) is 17.7 Å². The van der Waals surface area contributed by atoms with Gasteiger partial charge in [-0.2, -0.15) is 0 Å². The standard InChI is InChI=1S/C12H18N2O4S/c1-9(7-8-15)13-12(16)10-3-5-11(6-4-10)14-19(2,17)18/h3-6,9,14-15H,7-8H2,1-2H3,(H,13,16). The molecule has 0 aliphatic rings. The smallest absolute Gasteiger partial charge is 0.251 e. The summed E-state index contributed by atoms with van der Waals surface area (Å²) in [4.78, 5) is 11.8. The maximum absolute atomic E-state index is 11.8. The number of aliphatic hydroxyl groups excluding tert-OH is 1. The van der Waals surface area contributed by atoms with Crippen molar-refractivity contribution in [2.24, 2.45) is 0 Å². The van der Waals surface area contributed by atoms with Crippen LogP contribution in [0.25, 0.3) is 0 Å². The Morgan fingerprint density at radius 3 is 2.37 bits per heavy atom. The molecular formula is C12H18N2O4S. The van der Waals surface area contributed by atoms with Gasteiger partial charge in [-0.1, -0.05) is 0 Å². The Labute approximate surface area is 112 Å². The maximum Gasteiger partial charge on any atom is 0.251 e. The third-order valence-electron chi connectivity index (χ3n) is 2.39. The summed E-state index contributed by atoms with van der Waals surface area (Å²) in [5.74, 6) is -0.258. The lowest BCUT2D eigenvalue weighted by Gasteiger charge is -2.12.